The standard InChI is InChI=1S/C5H13N4/c1-7-6-5-9(3,4)8(7)2/h5H,1-4H3/q+1. The first-order chi connectivity index (χ1) is 4.04. The van der Waals surface area contributed by atoms with Crippen LogP contribution in [-0.4, -0.2) is 49.4 Å². The molecule has 0 aliphatic carbocycles. The zero-order valence-electron chi connectivity index (χ0n) is 6.37. The molecule has 0 spiro atoms. The van der Waals surface area contributed by atoms with Crippen molar-refractivity contribution in [2.45, 2.75) is 0 Å². The van der Waals surface area contributed by atoms with E-state index in [4.69, 9.17) is 0 Å². The Balaban J connectivity index is 2.74. The minimum absolute atomic E-state index is 0.691. The van der Waals surface area contributed by atoms with E-state index in [1.807, 2.05) is 25.6 Å². The Morgan fingerprint density at radius 3 is 2.00 bits per heavy atom. The molecule has 52 valence electrons. The smallest absolute Gasteiger partial charge is 0.186 e. The molecule has 0 amide bonds. The van der Waals surface area contributed by atoms with E-state index in [2.05, 4.69) is 19.2 Å². The van der Waals surface area contributed by atoms with Gasteiger partial charge in [0.05, 0.1) is 21.1 Å². The second-order valence-corrected chi connectivity index (χ2v) is 2.69. The van der Waals surface area contributed by atoms with Crippen LogP contribution in [0.5, 0.6) is 0 Å². The number of rotatable bonds is 0. The van der Waals surface area contributed by atoms with Crippen molar-refractivity contribution in [2.75, 3.05) is 28.2 Å². The lowest BCUT2D eigenvalue weighted by molar-refractivity contribution is -0.929. The summed E-state index contributed by atoms with van der Waals surface area (Å²) in [7, 11) is 8.04. The summed E-state index contributed by atoms with van der Waals surface area (Å²) in [6.45, 7) is 0. The molecule has 0 aromatic heterocycles. The Bertz CT molecular complexity index is 140. The van der Waals surface area contributed by atoms with Crippen LogP contribution in [-0.2, 0) is 0 Å². The SMILES string of the molecule is CN1N=C[N+](C)(C)N1C. The maximum Gasteiger partial charge on any atom is 0.229 e. The zero-order valence-corrected chi connectivity index (χ0v) is 6.37. The van der Waals surface area contributed by atoms with Crippen molar-refractivity contribution in [1.29, 1.82) is 0 Å². The maximum atomic E-state index is 4.08. The van der Waals surface area contributed by atoms with Crippen molar-refractivity contribution in [3.05, 3.63) is 0 Å². The summed E-state index contributed by atoms with van der Waals surface area (Å²) >= 11 is 0. The van der Waals surface area contributed by atoms with Gasteiger partial charge in [-0.3, -0.25) is 0 Å². The van der Waals surface area contributed by atoms with Crippen LogP contribution in [0.3, 0.4) is 0 Å². The van der Waals surface area contributed by atoms with E-state index < -0.39 is 0 Å². The van der Waals surface area contributed by atoms with Gasteiger partial charge in [-0.2, -0.15) is 9.71 Å². The second kappa shape index (κ2) is 1.68. The molecule has 0 aromatic rings. The van der Waals surface area contributed by atoms with Crippen molar-refractivity contribution in [1.82, 2.24) is 10.2 Å². The molecule has 0 saturated carbocycles. The van der Waals surface area contributed by atoms with Crippen LogP contribution < -0.4 is 0 Å². The fourth-order valence-electron chi connectivity index (χ4n) is 0.684. The monoisotopic (exact) mass is 129 g/mol. The highest BCUT2D eigenvalue weighted by Crippen LogP contribution is 2.08. The molecule has 1 aliphatic heterocycles. The summed E-state index contributed by atoms with van der Waals surface area (Å²) in [5.74, 6) is 0. The molecule has 1 heterocycles. The van der Waals surface area contributed by atoms with Crippen LogP contribution in [0.25, 0.3) is 0 Å². The van der Waals surface area contributed by atoms with Crippen LogP contribution >= 0.6 is 0 Å². The average molecular weight is 129 g/mol. The van der Waals surface area contributed by atoms with E-state index in [9.17, 15) is 0 Å². The summed E-state index contributed by atoms with van der Waals surface area (Å²) in [5.41, 5.74) is 0. The van der Waals surface area contributed by atoms with Crippen LogP contribution in [0, 0.1) is 0 Å². The summed E-state index contributed by atoms with van der Waals surface area (Å²) in [4.78, 5) is 0. The summed E-state index contributed by atoms with van der Waals surface area (Å²) in [6.07, 6.45) is 1.88. The normalized spacial score (nSPS) is 25.6. The summed E-state index contributed by atoms with van der Waals surface area (Å²) in [5, 5.41) is 7.90. The van der Waals surface area contributed by atoms with E-state index in [1.165, 1.54) is 0 Å². The van der Waals surface area contributed by atoms with Crippen molar-refractivity contribution in [3.8, 4) is 0 Å². The molecule has 0 atom stereocenters. The average Bonchev–Trinajstić information content (AvgIpc) is 1.97. The Morgan fingerprint density at radius 1 is 1.33 bits per heavy atom. The van der Waals surface area contributed by atoms with Gasteiger partial charge < -0.3 is 0 Å². The molecule has 0 fully saturated rings. The highest BCUT2D eigenvalue weighted by molar-refractivity contribution is 5.45. The summed E-state index contributed by atoms with van der Waals surface area (Å²) < 4.78 is 0.691. The Kier molecular flexibility index (Phi) is 1.22. The number of hydrazine groups is 1. The molecule has 1 rings (SSSR count). The highest BCUT2D eigenvalue weighted by Gasteiger charge is 2.29. The quantitative estimate of drug-likeness (QED) is 0.419. The topological polar surface area (TPSA) is 18.8 Å². The van der Waals surface area contributed by atoms with Gasteiger partial charge in [-0.05, 0) is 5.12 Å². The number of quaternary nitrogens is 1. The van der Waals surface area contributed by atoms with Crippen LogP contribution in [0.2, 0.25) is 0 Å². The lowest BCUT2D eigenvalue weighted by Gasteiger charge is -2.28. The molecule has 0 radical (unpaired) electrons. The molecule has 0 bridgehead atoms. The van der Waals surface area contributed by atoms with Gasteiger partial charge in [0.15, 0.2) is 0 Å². The van der Waals surface area contributed by atoms with E-state index in [0.29, 0.717) is 4.59 Å². The van der Waals surface area contributed by atoms with Crippen LogP contribution in [0.15, 0.2) is 5.10 Å². The van der Waals surface area contributed by atoms with Gasteiger partial charge in [-0.1, -0.05) is 0 Å². The number of nitrogens with zero attached hydrogens (tertiary/aromatic N) is 4. The highest BCUT2D eigenvalue weighted by atomic mass is 16.0. The molecule has 0 unspecified atom stereocenters. The van der Waals surface area contributed by atoms with Crippen molar-refractivity contribution in [2.24, 2.45) is 5.10 Å². The van der Waals surface area contributed by atoms with E-state index in [1.54, 1.807) is 5.12 Å². The molecular formula is C5H13N4+. The van der Waals surface area contributed by atoms with Gasteiger partial charge in [0.2, 0.25) is 6.34 Å². The van der Waals surface area contributed by atoms with Gasteiger partial charge in [0, 0.05) is 7.05 Å². The lowest BCUT2D eigenvalue weighted by atomic mass is 10.8. The minimum atomic E-state index is 0.691. The third kappa shape index (κ3) is 0.906. The Hall–Kier alpha value is -0.610. The fraction of sp³-hybridized carbons (Fsp3) is 0.800. The Morgan fingerprint density at radius 2 is 1.89 bits per heavy atom. The predicted octanol–water partition coefficient (Wildman–Crippen LogP) is -0.287. The Labute approximate surface area is 55.5 Å². The van der Waals surface area contributed by atoms with E-state index in [-0.39, 0.29) is 0 Å². The van der Waals surface area contributed by atoms with Crippen LogP contribution in [0.4, 0.5) is 0 Å². The first-order valence-electron chi connectivity index (χ1n) is 2.91. The third-order valence-corrected chi connectivity index (χ3v) is 1.67. The van der Waals surface area contributed by atoms with E-state index in [0.717, 1.165) is 0 Å². The summed E-state index contributed by atoms with van der Waals surface area (Å²) in [6, 6.07) is 0. The molecule has 0 aromatic carbocycles. The first-order valence-corrected chi connectivity index (χ1v) is 2.91. The third-order valence-electron chi connectivity index (χ3n) is 1.67. The van der Waals surface area contributed by atoms with Gasteiger partial charge >= 0.3 is 0 Å². The zero-order chi connectivity index (χ0) is 7.07. The molecule has 0 saturated heterocycles. The van der Waals surface area contributed by atoms with E-state index >= 15 is 0 Å². The van der Waals surface area contributed by atoms with Crippen molar-refractivity contribution < 1.29 is 4.59 Å². The lowest BCUT2D eigenvalue weighted by Crippen LogP contribution is -2.51. The van der Waals surface area contributed by atoms with Gasteiger partial charge in [0.25, 0.3) is 0 Å². The number of hydrogen-bond donors (Lipinski definition) is 0. The molecule has 0 N–H and O–H groups in total. The fourth-order valence-corrected chi connectivity index (χ4v) is 0.684. The molecule has 4 heteroatoms. The molecule has 1 aliphatic rings. The van der Waals surface area contributed by atoms with Gasteiger partial charge in [-0.25, -0.2) is 0 Å². The molecular weight excluding hydrogens is 116 g/mol. The maximum absolute atomic E-state index is 4.08. The van der Waals surface area contributed by atoms with Crippen LogP contribution in [0.1, 0.15) is 0 Å². The first kappa shape index (κ1) is 6.51. The predicted molar refractivity (Wildman–Crippen MR) is 36.1 cm³/mol. The minimum Gasteiger partial charge on any atom is -0.186 e. The van der Waals surface area contributed by atoms with Gasteiger partial charge in [0.1, 0.15) is 0 Å². The largest absolute Gasteiger partial charge is 0.229 e. The number of hydrazone groups is 1. The number of hydrogen-bond acceptors (Lipinski definition) is 3. The van der Waals surface area contributed by atoms with Gasteiger partial charge in [-0.15, -0.1) is 5.10 Å². The van der Waals surface area contributed by atoms with Crippen molar-refractivity contribution in [3.63, 3.8) is 0 Å². The molecule has 9 heavy (non-hydrogen) atoms. The molecule has 4 nitrogen and oxygen atoms in total. The van der Waals surface area contributed by atoms with Crippen molar-refractivity contribution >= 4 is 6.34 Å². The second-order valence-electron chi connectivity index (χ2n) is 2.69.